The predicted molar refractivity (Wildman–Crippen MR) is 231 cm³/mol. The van der Waals surface area contributed by atoms with Crippen molar-refractivity contribution in [3.8, 4) is 23.0 Å². The zero-order chi connectivity index (χ0) is 44.4. The maximum atomic E-state index is 12.4. The predicted octanol–water partition coefficient (Wildman–Crippen LogP) is 4.26. The van der Waals surface area contributed by atoms with Gasteiger partial charge in [0.2, 0.25) is 0 Å². The number of hydrogen-bond donors (Lipinski definition) is 4. The van der Waals surface area contributed by atoms with E-state index in [1.807, 2.05) is 67.9 Å². The average Bonchev–Trinajstić information content (AvgIpc) is 3.75. The van der Waals surface area contributed by atoms with E-state index in [2.05, 4.69) is 34.5 Å². The van der Waals surface area contributed by atoms with Crippen molar-refractivity contribution >= 4 is 11.9 Å². The number of esters is 2. The van der Waals surface area contributed by atoms with Crippen molar-refractivity contribution in [1.82, 2.24) is 20.4 Å². The van der Waals surface area contributed by atoms with Crippen molar-refractivity contribution in [2.45, 2.75) is 163 Å². The molecule has 2 unspecified atom stereocenters. The summed E-state index contributed by atoms with van der Waals surface area (Å²) in [6, 6.07) is 8.05. The Kier molecular flexibility index (Phi) is 10.5. The molecule has 2 aromatic rings. The van der Waals surface area contributed by atoms with Crippen molar-refractivity contribution < 1.29 is 48.2 Å². The van der Waals surface area contributed by atoms with E-state index in [4.69, 9.17) is 28.4 Å². The SMILES string of the molecule is CO[C@@]12CC[C@@H](NCC(=O)OC(C)(C)C)[C@@H]3Oc4c(O)ccc5c4[C@@]31CCN(C)C2C5.CO[C@@]12CC[C@H](NCC(=O)OC(C)(C)C)[C@@H]3Oc4c(O)ccc5c4[C@@]31CCN(C)C2C5. The molecule has 2 saturated heterocycles. The first-order valence-corrected chi connectivity index (χ1v) is 22.7. The number of nitrogens with one attached hydrogen (secondary N) is 2. The second kappa shape index (κ2) is 14.9. The van der Waals surface area contributed by atoms with Crippen molar-refractivity contribution in [2.75, 3.05) is 54.5 Å². The Morgan fingerprint density at radius 3 is 1.42 bits per heavy atom. The van der Waals surface area contributed by atoms with Crippen LogP contribution in [-0.2, 0) is 52.2 Å². The summed E-state index contributed by atoms with van der Waals surface area (Å²) in [5, 5.41) is 28.2. The lowest BCUT2D eigenvalue weighted by molar-refractivity contribution is -0.203. The van der Waals surface area contributed by atoms with Gasteiger partial charge in [0.1, 0.15) is 23.4 Å². The number of rotatable bonds is 8. The molecule has 62 heavy (non-hydrogen) atoms. The van der Waals surface area contributed by atoms with Gasteiger partial charge in [-0.25, -0.2) is 0 Å². The van der Waals surface area contributed by atoms with Gasteiger partial charge < -0.3 is 59.1 Å². The Labute approximate surface area is 366 Å². The molecule has 4 heterocycles. The van der Waals surface area contributed by atoms with E-state index in [1.54, 1.807) is 12.1 Å². The number of carbonyl (C=O) groups excluding carboxylic acids is 2. The molecule has 14 heteroatoms. The maximum absolute atomic E-state index is 12.4. The number of phenols is 2. The summed E-state index contributed by atoms with van der Waals surface area (Å²) in [5.41, 5.74) is 2.29. The van der Waals surface area contributed by atoms with E-state index in [9.17, 15) is 19.8 Å². The summed E-state index contributed by atoms with van der Waals surface area (Å²) in [6.07, 6.45) is 6.57. The van der Waals surface area contributed by atoms with Crippen LogP contribution in [0, 0.1) is 0 Å². The number of aromatic hydroxyl groups is 2. The van der Waals surface area contributed by atoms with Gasteiger partial charge in [0.25, 0.3) is 0 Å². The third-order valence-electron chi connectivity index (χ3n) is 16.0. The van der Waals surface area contributed by atoms with Crippen LogP contribution in [0.4, 0.5) is 0 Å². The zero-order valence-electron chi connectivity index (χ0n) is 38.3. The Bertz CT molecular complexity index is 1970. The Hall–Kier alpha value is -3.66. The van der Waals surface area contributed by atoms with Crippen LogP contribution in [0.25, 0.3) is 0 Å². The fourth-order valence-electron chi connectivity index (χ4n) is 13.9. The smallest absolute Gasteiger partial charge is 0.320 e. The number of piperidine rings is 2. The lowest BCUT2D eigenvalue weighted by Crippen LogP contribution is -2.78. The zero-order valence-corrected chi connectivity index (χ0v) is 38.3. The van der Waals surface area contributed by atoms with Crippen LogP contribution < -0.4 is 20.1 Å². The van der Waals surface area contributed by atoms with Crippen LogP contribution in [-0.4, -0.2) is 145 Å². The van der Waals surface area contributed by atoms with Gasteiger partial charge in [-0.1, -0.05) is 12.1 Å². The Morgan fingerprint density at radius 2 is 1.06 bits per heavy atom. The summed E-state index contributed by atoms with van der Waals surface area (Å²) in [7, 11) is 8.01. The summed E-state index contributed by atoms with van der Waals surface area (Å²) in [6.45, 7) is 13.4. The number of likely N-dealkylation sites (tertiary alicyclic amines) is 2. The van der Waals surface area contributed by atoms with E-state index < -0.39 is 11.2 Å². The molecule has 4 bridgehead atoms. The summed E-state index contributed by atoms with van der Waals surface area (Å²) in [5.74, 6) is 1.07. The number of nitrogens with zero attached hydrogens (tertiary/aromatic N) is 2. The molecule has 4 N–H and O–H groups in total. The highest BCUT2D eigenvalue weighted by atomic mass is 16.6. The van der Waals surface area contributed by atoms with Gasteiger partial charge in [0, 0.05) is 49.5 Å². The molecule has 2 spiro atoms. The topological polar surface area (TPSA) is 161 Å². The lowest BCUT2D eigenvalue weighted by Gasteiger charge is -2.65. The molecule has 10 rings (SSSR count). The fraction of sp³-hybridized carbons (Fsp3) is 0.708. The molecule has 2 aromatic carbocycles. The molecular weight excluding hydrogens is 793 g/mol. The maximum Gasteiger partial charge on any atom is 0.320 e. The van der Waals surface area contributed by atoms with Crippen LogP contribution in [0.3, 0.4) is 0 Å². The second-order valence-corrected chi connectivity index (χ2v) is 21.2. The highest BCUT2D eigenvalue weighted by molar-refractivity contribution is 5.73. The third kappa shape index (κ3) is 6.24. The summed E-state index contributed by atoms with van der Waals surface area (Å²) >= 11 is 0. The molecule has 2 saturated carbocycles. The van der Waals surface area contributed by atoms with Crippen LogP contribution in [0.2, 0.25) is 0 Å². The third-order valence-corrected chi connectivity index (χ3v) is 16.0. The molecule has 4 aliphatic heterocycles. The van der Waals surface area contributed by atoms with Crippen LogP contribution in [0.15, 0.2) is 24.3 Å². The van der Waals surface area contributed by atoms with Gasteiger partial charge in [-0.05, 0) is 143 Å². The molecule has 10 atom stereocenters. The first-order chi connectivity index (χ1) is 29.3. The van der Waals surface area contributed by atoms with E-state index in [0.717, 1.165) is 75.6 Å². The van der Waals surface area contributed by atoms with E-state index >= 15 is 0 Å². The number of ether oxygens (including phenoxy) is 6. The van der Waals surface area contributed by atoms with Gasteiger partial charge >= 0.3 is 11.9 Å². The molecule has 0 radical (unpaired) electrons. The highest BCUT2D eigenvalue weighted by Crippen LogP contribution is 2.68. The lowest BCUT2D eigenvalue weighted by atomic mass is 9.48. The van der Waals surface area contributed by atoms with Gasteiger partial charge in [-0.15, -0.1) is 0 Å². The molecule has 0 amide bonds. The minimum Gasteiger partial charge on any atom is -0.504 e. The van der Waals surface area contributed by atoms with E-state index in [0.29, 0.717) is 11.5 Å². The number of benzene rings is 2. The average molecular weight is 861 g/mol. The van der Waals surface area contributed by atoms with Crippen LogP contribution in [0.1, 0.15) is 102 Å². The monoisotopic (exact) mass is 860 g/mol. The van der Waals surface area contributed by atoms with Gasteiger partial charge in [-0.3, -0.25) is 9.59 Å². The Morgan fingerprint density at radius 1 is 0.677 bits per heavy atom. The fourth-order valence-corrected chi connectivity index (χ4v) is 13.9. The van der Waals surface area contributed by atoms with Crippen molar-refractivity contribution in [3.63, 3.8) is 0 Å². The van der Waals surface area contributed by atoms with Gasteiger partial charge in [0.05, 0.1) is 35.1 Å². The molecular formula is C48H68N4O10. The number of likely N-dealkylation sites (N-methyl/N-ethyl adjacent to an activating group) is 2. The normalized spacial score (nSPS) is 36.0. The molecule has 14 nitrogen and oxygen atoms in total. The first kappa shape index (κ1) is 43.6. The summed E-state index contributed by atoms with van der Waals surface area (Å²) < 4.78 is 37.0. The molecule has 340 valence electrons. The summed E-state index contributed by atoms with van der Waals surface area (Å²) in [4.78, 5) is 29.6. The number of hydrogen-bond acceptors (Lipinski definition) is 14. The van der Waals surface area contributed by atoms with Crippen molar-refractivity contribution in [1.29, 1.82) is 0 Å². The molecule has 4 aliphatic carbocycles. The quantitative estimate of drug-likeness (QED) is 0.279. The van der Waals surface area contributed by atoms with E-state index in [1.165, 1.54) is 11.1 Å². The van der Waals surface area contributed by atoms with E-state index in [-0.39, 0.29) is 94.9 Å². The Balaban J connectivity index is 0.000000158. The number of carbonyl (C=O) groups is 2. The van der Waals surface area contributed by atoms with Crippen LogP contribution >= 0.6 is 0 Å². The van der Waals surface area contributed by atoms with Crippen molar-refractivity contribution in [3.05, 3.63) is 46.5 Å². The minimum absolute atomic E-state index is 0.0300. The number of phenolic OH excluding ortho intramolecular Hbond substituents is 2. The van der Waals surface area contributed by atoms with Crippen molar-refractivity contribution in [2.24, 2.45) is 0 Å². The highest BCUT2D eigenvalue weighted by Gasteiger charge is 2.75. The van der Waals surface area contributed by atoms with Gasteiger partial charge in [0.15, 0.2) is 23.0 Å². The van der Waals surface area contributed by atoms with Gasteiger partial charge in [-0.2, -0.15) is 0 Å². The molecule has 0 aromatic heterocycles. The standard InChI is InChI=1S/2C24H34N2O5/c2*1-22(2,3)31-18(28)13-25-15-8-9-24(29-5)17-12-14-6-7-16(27)20-19(14)23(24,21(15)30-20)10-11-26(17)4/h2*6-7,15,17,21,25,27H,8-13H2,1-5H3/t15-,17?,21+,23+,24-;15-,17?,21-,23-,24+/m10/s1. The first-order valence-electron chi connectivity index (χ1n) is 22.7. The number of methoxy groups -OCH3 is 2. The molecule has 4 fully saturated rings. The largest absolute Gasteiger partial charge is 0.504 e. The van der Waals surface area contributed by atoms with Crippen LogP contribution in [0.5, 0.6) is 23.0 Å². The second-order valence-electron chi connectivity index (χ2n) is 21.2. The minimum atomic E-state index is -0.513. The molecule has 8 aliphatic rings.